The fourth-order valence-electron chi connectivity index (χ4n) is 4.73. The predicted octanol–water partition coefficient (Wildman–Crippen LogP) is 2.27. The van der Waals surface area contributed by atoms with Crippen LogP contribution in [0.3, 0.4) is 0 Å². The number of rotatable bonds is 5. The zero-order valence-corrected chi connectivity index (χ0v) is 16.4. The van der Waals surface area contributed by atoms with Crippen molar-refractivity contribution in [3.63, 3.8) is 0 Å². The van der Waals surface area contributed by atoms with Crippen molar-refractivity contribution >= 4 is 5.97 Å². The molecule has 3 N–H and O–H groups in total. The molecule has 2 aliphatic rings. The Labute approximate surface area is 173 Å². The SMILES string of the molecule is O=C(O)C1CC2CC(Oc3cc(-n4cccc4)ccc3-c3nn[nH]n3)CCC2CN1. The Morgan fingerprint density at radius 2 is 2.03 bits per heavy atom. The molecule has 0 amide bonds. The van der Waals surface area contributed by atoms with Crippen molar-refractivity contribution in [3.05, 3.63) is 42.7 Å². The quantitative estimate of drug-likeness (QED) is 0.593. The third kappa shape index (κ3) is 3.68. The summed E-state index contributed by atoms with van der Waals surface area (Å²) < 4.78 is 8.51. The van der Waals surface area contributed by atoms with Crippen molar-refractivity contribution < 1.29 is 14.6 Å². The lowest BCUT2D eigenvalue weighted by molar-refractivity contribution is -0.141. The lowest BCUT2D eigenvalue weighted by Gasteiger charge is -2.41. The first-order chi connectivity index (χ1) is 14.7. The summed E-state index contributed by atoms with van der Waals surface area (Å²) in [6, 6.07) is 9.44. The van der Waals surface area contributed by atoms with Crippen molar-refractivity contribution in [3.8, 4) is 22.8 Å². The Bertz CT molecular complexity index is 1000. The number of nitrogens with zero attached hydrogens (tertiary/aromatic N) is 4. The zero-order chi connectivity index (χ0) is 20.5. The van der Waals surface area contributed by atoms with Gasteiger partial charge in [-0.3, -0.25) is 4.79 Å². The number of carbonyl (C=O) groups is 1. The minimum absolute atomic E-state index is 0.0318. The second kappa shape index (κ2) is 7.91. The van der Waals surface area contributed by atoms with Gasteiger partial charge < -0.3 is 19.7 Å². The van der Waals surface area contributed by atoms with Crippen molar-refractivity contribution in [2.45, 2.75) is 37.8 Å². The molecule has 1 aliphatic heterocycles. The minimum atomic E-state index is -0.768. The van der Waals surface area contributed by atoms with Crippen LogP contribution in [0.1, 0.15) is 25.7 Å². The van der Waals surface area contributed by atoms with Gasteiger partial charge in [0.15, 0.2) is 0 Å². The number of aromatic nitrogens is 5. The average Bonchev–Trinajstić information content (AvgIpc) is 3.47. The molecule has 4 unspecified atom stereocenters. The number of ether oxygens (including phenoxy) is 1. The summed E-state index contributed by atoms with van der Waals surface area (Å²) >= 11 is 0. The van der Waals surface area contributed by atoms with Crippen LogP contribution < -0.4 is 10.1 Å². The maximum atomic E-state index is 11.4. The molecule has 0 spiro atoms. The van der Waals surface area contributed by atoms with Crippen LogP contribution in [0.4, 0.5) is 0 Å². The highest BCUT2D eigenvalue weighted by Crippen LogP contribution is 2.39. The van der Waals surface area contributed by atoms with E-state index in [2.05, 4.69) is 25.9 Å². The molecular formula is C21H24N6O3. The number of benzene rings is 1. The van der Waals surface area contributed by atoms with Gasteiger partial charge in [0.2, 0.25) is 5.82 Å². The molecule has 9 heteroatoms. The number of aliphatic carboxylic acids is 1. The number of fused-ring (bicyclic) bond motifs is 1. The number of aromatic amines is 1. The van der Waals surface area contributed by atoms with E-state index >= 15 is 0 Å². The summed E-state index contributed by atoms with van der Waals surface area (Å²) in [5.41, 5.74) is 1.78. The molecule has 30 heavy (non-hydrogen) atoms. The van der Waals surface area contributed by atoms with Gasteiger partial charge in [0.1, 0.15) is 11.8 Å². The fourth-order valence-corrected chi connectivity index (χ4v) is 4.73. The number of tetrazole rings is 1. The molecule has 3 aromatic rings. The second-order valence-corrected chi connectivity index (χ2v) is 8.11. The molecule has 2 fully saturated rings. The number of nitrogens with one attached hydrogen (secondary N) is 2. The van der Waals surface area contributed by atoms with Crippen molar-refractivity contribution in [2.75, 3.05) is 6.54 Å². The maximum Gasteiger partial charge on any atom is 0.320 e. The molecule has 0 bridgehead atoms. The largest absolute Gasteiger partial charge is 0.490 e. The van der Waals surface area contributed by atoms with Crippen LogP contribution in [-0.2, 0) is 4.79 Å². The summed E-state index contributed by atoms with van der Waals surface area (Å²) in [7, 11) is 0. The Kier molecular flexibility index (Phi) is 4.96. The van der Waals surface area contributed by atoms with Crippen molar-refractivity contribution in [1.82, 2.24) is 30.5 Å². The zero-order valence-electron chi connectivity index (χ0n) is 16.4. The summed E-state index contributed by atoms with van der Waals surface area (Å²) in [5.74, 6) is 1.31. The molecule has 1 aromatic carbocycles. The number of carboxylic acids is 1. The molecule has 9 nitrogen and oxygen atoms in total. The molecule has 1 saturated heterocycles. The summed E-state index contributed by atoms with van der Waals surface area (Å²) in [6.07, 6.45) is 7.49. The molecule has 156 valence electrons. The number of carboxylic acid groups (broad SMARTS) is 1. The van der Waals surface area contributed by atoms with E-state index in [0.29, 0.717) is 24.1 Å². The van der Waals surface area contributed by atoms with Gasteiger partial charge in [-0.15, -0.1) is 10.2 Å². The van der Waals surface area contributed by atoms with Gasteiger partial charge in [-0.25, -0.2) is 0 Å². The van der Waals surface area contributed by atoms with Gasteiger partial charge in [0, 0.05) is 24.1 Å². The first-order valence-corrected chi connectivity index (χ1v) is 10.3. The predicted molar refractivity (Wildman–Crippen MR) is 108 cm³/mol. The third-order valence-corrected chi connectivity index (χ3v) is 6.30. The number of H-pyrrole nitrogens is 1. The van der Waals surface area contributed by atoms with E-state index in [4.69, 9.17) is 4.74 Å². The smallest absolute Gasteiger partial charge is 0.320 e. The van der Waals surface area contributed by atoms with E-state index in [9.17, 15) is 9.90 Å². The van der Waals surface area contributed by atoms with E-state index in [1.54, 1.807) is 0 Å². The molecule has 1 saturated carbocycles. The Morgan fingerprint density at radius 1 is 1.17 bits per heavy atom. The first-order valence-electron chi connectivity index (χ1n) is 10.3. The minimum Gasteiger partial charge on any atom is -0.490 e. The van der Waals surface area contributed by atoms with Crippen molar-refractivity contribution in [1.29, 1.82) is 0 Å². The van der Waals surface area contributed by atoms with Gasteiger partial charge in [0.05, 0.1) is 11.7 Å². The molecule has 1 aliphatic carbocycles. The van der Waals surface area contributed by atoms with E-state index < -0.39 is 12.0 Å². The van der Waals surface area contributed by atoms with Gasteiger partial charge in [-0.2, -0.15) is 5.21 Å². The lowest BCUT2D eigenvalue weighted by atomic mass is 9.72. The second-order valence-electron chi connectivity index (χ2n) is 8.11. The highest BCUT2D eigenvalue weighted by atomic mass is 16.5. The van der Waals surface area contributed by atoms with Gasteiger partial charge in [-0.1, -0.05) is 0 Å². The van der Waals surface area contributed by atoms with E-state index in [1.165, 1.54) is 0 Å². The lowest BCUT2D eigenvalue weighted by Crippen LogP contribution is -2.50. The van der Waals surface area contributed by atoms with E-state index in [0.717, 1.165) is 42.8 Å². The average molecular weight is 408 g/mol. The normalized spacial score (nSPS) is 26.1. The van der Waals surface area contributed by atoms with E-state index in [-0.39, 0.29) is 6.10 Å². The third-order valence-electron chi connectivity index (χ3n) is 6.30. The number of hydrogen-bond donors (Lipinski definition) is 3. The van der Waals surface area contributed by atoms with Crippen LogP contribution in [0.25, 0.3) is 17.1 Å². The van der Waals surface area contributed by atoms with Crippen LogP contribution >= 0.6 is 0 Å². The molecule has 3 heterocycles. The van der Waals surface area contributed by atoms with Crippen LogP contribution in [-0.4, -0.2) is 55.0 Å². The summed E-state index contributed by atoms with van der Waals surface area (Å²) in [6.45, 7) is 0.769. The Hall–Kier alpha value is -3.20. The number of hydrogen-bond acceptors (Lipinski definition) is 6. The Morgan fingerprint density at radius 3 is 2.80 bits per heavy atom. The standard InChI is InChI=1S/C21H24N6O3/c28-21(29)18-10-14-9-16(5-3-13(14)12-22-18)30-19-11-15(27-7-1-2-8-27)4-6-17(19)20-23-25-26-24-20/h1-2,4,6-8,11,13-14,16,18,22H,3,5,9-10,12H2,(H,28,29)(H,23,24,25,26). The van der Waals surface area contributed by atoms with E-state index in [1.807, 2.05) is 47.3 Å². The first kappa shape index (κ1) is 18.8. The Balaban J connectivity index is 1.39. The molecule has 2 aromatic heterocycles. The van der Waals surface area contributed by atoms with Crippen LogP contribution in [0.15, 0.2) is 42.7 Å². The molecule has 4 atom stereocenters. The van der Waals surface area contributed by atoms with Crippen LogP contribution in [0, 0.1) is 11.8 Å². The topological polar surface area (TPSA) is 118 Å². The maximum absolute atomic E-state index is 11.4. The summed E-state index contributed by atoms with van der Waals surface area (Å²) in [5, 5.41) is 27.0. The van der Waals surface area contributed by atoms with Crippen molar-refractivity contribution in [2.24, 2.45) is 11.8 Å². The number of piperidine rings is 1. The fraction of sp³-hybridized carbons (Fsp3) is 0.429. The highest BCUT2D eigenvalue weighted by molar-refractivity contribution is 5.73. The summed E-state index contributed by atoms with van der Waals surface area (Å²) in [4.78, 5) is 11.4. The van der Waals surface area contributed by atoms with Gasteiger partial charge in [-0.05, 0) is 73.5 Å². The molecular weight excluding hydrogens is 384 g/mol. The molecule has 0 radical (unpaired) electrons. The highest BCUT2D eigenvalue weighted by Gasteiger charge is 2.38. The van der Waals surface area contributed by atoms with Crippen LogP contribution in [0.5, 0.6) is 5.75 Å². The molecule has 5 rings (SSSR count). The van der Waals surface area contributed by atoms with Crippen LogP contribution in [0.2, 0.25) is 0 Å². The van der Waals surface area contributed by atoms with Gasteiger partial charge >= 0.3 is 5.97 Å². The monoisotopic (exact) mass is 408 g/mol. The van der Waals surface area contributed by atoms with Gasteiger partial charge in [0.25, 0.3) is 0 Å².